The van der Waals surface area contributed by atoms with E-state index in [4.69, 9.17) is 16.9 Å². The van der Waals surface area contributed by atoms with Gasteiger partial charge >= 0.3 is 0 Å². The zero-order valence-electron chi connectivity index (χ0n) is 10.1. The lowest BCUT2D eigenvalue weighted by molar-refractivity contribution is 0.594. The molecule has 1 rings (SSSR count). The highest BCUT2D eigenvalue weighted by Gasteiger charge is 2.03. The summed E-state index contributed by atoms with van der Waals surface area (Å²) in [6.07, 6.45) is 1.80. The van der Waals surface area contributed by atoms with Crippen LogP contribution in [0.15, 0.2) is 18.2 Å². The van der Waals surface area contributed by atoms with Gasteiger partial charge in [-0.05, 0) is 30.7 Å². The lowest BCUT2D eigenvalue weighted by Gasteiger charge is -2.06. The van der Waals surface area contributed by atoms with Crippen LogP contribution in [0.2, 0.25) is 5.02 Å². The fraction of sp³-hybridized carbons (Fsp3) is 0.417. The smallest absolute Gasteiger partial charge is 0.147 e. The third-order valence-electron chi connectivity index (χ3n) is 2.37. The second-order valence-electron chi connectivity index (χ2n) is 4.08. The van der Waals surface area contributed by atoms with Gasteiger partial charge in [-0.25, -0.2) is 8.42 Å². The van der Waals surface area contributed by atoms with Gasteiger partial charge in [-0.2, -0.15) is 5.26 Å². The molecule has 98 valence electrons. The second-order valence-corrected chi connectivity index (χ2v) is 6.75. The predicted octanol–water partition coefficient (Wildman–Crippen LogP) is 1.74. The highest BCUT2D eigenvalue weighted by molar-refractivity contribution is 7.90. The summed E-state index contributed by atoms with van der Waals surface area (Å²) in [5, 5.41) is 12.4. The molecule has 1 aromatic carbocycles. The summed E-state index contributed by atoms with van der Waals surface area (Å²) >= 11 is 6.01. The van der Waals surface area contributed by atoms with Crippen LogP contribution >= 0.6 is 11.6 Å². The van der Waals surface area contributed by atoms with Crippen molar-refractivity contribution >= 4 is 21.4 Å². The third kappa shape index (κ3) is 5.50. The molecule has 0 atom stereocenters. The van der Waals surface area contributed by atoms with Gasteiger partial charge in [0.15, 0.2) is 0 Å². The fourth-order valence-corrected chi connectivity index (χ4v) is 2.36. The number of hydrogen-bond donors (Lipinski definition) is 1. The van der Waals surface area contributed by atoms with E-state index in [1.807, 2.05) is 6.07 Å². The first-order chi connectivity index (χ1) is 8.42. The largest absolute Gasteiger partial charge is 0.313 e. The molecule has 0 unspecified atom stereocenters. The van der Waals surface area contributed by atoms with Gasteiger partial charge in [-0.3, -0.25) is 0 Å². The van der Waals surface area contributed by atoms with Crippen LogP contribution in [0.4, 0.5) is 0 Å². The molecular formula is C12H15ClN2O2S. The molecule has 0 saturated heterocycles. The van der Waals surface area contributed by atoms with Crippen LogP contribution < -0.4 is 5.32 Å². The van der Waals surface area contributed by atoms with Crippen molar-refractivity contribution in [3.05, 3.63) is 34.3 Å². The Bertz CT molecular complexity index is 550. The summed E-state index contributed by atoms with van der Waals surface area (Å²) < 4.78 is 21.8. The zero-order valence-corrected chi connectivity index (χ0v) is 11.7. The van der Waals surface area contributed by atoms with Gasteiger partial charge in [0, 0.05) is 17.8 Å². The Morgan fingerprint density at radius 2 is 2.17 bits per heavy atom. The molecule has 0 aliphatic heterocycles. The average Bonchev–Trinajstić information content (AvgIpc) is 2.29. The van der Waals surface area contributed by atoms with E-state index in [0.717, 1.165) is 5.56 Å². The molecule has 0 fully saturated rings. The van der Waals surface area contributed by atoms with Crippen LogP contribution in [0.1, 0.15) is 17.5 Å². The molecule has 0 heterocycles. The van der Waals surface area contributed by atoms with E-state index in [-0.39, 0.29) is 5.75 Å². The van der Waals surface area contributed by atoms with Crippen LogP contribution in [0.5, 0.6) is 0 Å². The van der Waals surface area contributed by atoms with E-state index in [9.17, 15) is 8.42 Å². The minimum absolute atomic E-state index is 0.182. The molecule has 18 heavy (non-hydrogen) atoms. The molecule has 0 saturated carbocycles. The molecule has 1 N–H and O–H groups in total. The van der Waals surface area contributed by atoms with Crippen molar-refractivity contribution in [3.8, 4) is 6.07 Å². The molecule has 0 amide bonds. The summed E-state index contributed by atoms with van der Waals surface area (Å²) in [5.74, 6) is 0.182. The standard InChI is InChI=1S/C12H15ClN2O2S/c1-18(16,17)6-2-5-15-9-11-4-3-10(8-14)7-12(11)13/h3-4,7,15H,2,5-6,9H2,1H3. The van der Waals surface area contributed by atoms with E-state index in [0.29, 0.717) is 30.1 Å². The maximum Gasteiger partial charge on any atom is 0.147 e. The summed E-state index contributed by atoms with van der Waals surface area (Å²) in [6, 6.07) is 7.14. The van der Waals surface area contributed by atoms with Gasteiger partial charge in [0.25, 0.3) is 0 Å². The Hall–Kier alpha value is -1.09. The molecule has 1 aromatic rings. The van der Waals surface area contributed by atoms with Gasteiger partial charge in [-0.1, -0.05) is 17.7 Å². The van der Waals surface area contributed by atoms with Crippen LogP contribution in [0.25, 0.3) is 0 Å². The Kier molecular flexibility index (Phi) is 5.60. The van der Waals surface area contributed by atoms with Crippen molar-refractivity contribution in [2.75, 3.05) is 18.6 Å². The highest BCUT2D eigenvalue weighted by atomic mass is 35.5. The van der Waals surface area contributed by atoms with Crippen molar-refractivity contribution in [1.29, 1.82) is 5.26 Å². The lowest BCUT2D eigenvalue weighted by atomic mass is 10.1. The van der Waals surface area contributed by atoms with Crippen LogP contribution in [0, 0.1) is 11.3 Å². The first-order valence-electron chi connectivity index (χ1n) is 5.49. The highest BCUT2D eigenvalue weighted by Crippen LogP contribution is 2.17. The van der Waals surface area contributed by atoms with Crippen molar-refractivity contribution in [2.45, 2.75) is 13.0 Å². The van der Waals surface area contributed by atoms with Gasteiger partial charge < -0.3 is 5.32 Å². The van der Waals surface area contributed by atoms with E-state index in [1.54, 1.807) is 18.2 Å². The summed E-state index contributed by atoms with van der Waals surface area (Å²) in [7, 11) is -2.89. The normalized spacial score (nSPS) is 11.2. The molecule has 4 nitrogen and oxygen atoms in total. The molecule has 0 aliphatic rings. The number of nitriles is 1. The van der Waals surface area contributed by atoms with Crippen molar-refractivity contribution in [3.63, 3.8) is 0 Å². The average molecular weight is 287 g/mol. The topological polar surface area (TPSA) is 70.0 Å². The lowest BCUT2D eigenvalue weighted by Crippen LogP contribution is -2.18. The summed E-state index contributed by atoms with van der Waals surface area (Å²) in [4.78, 5) is 0. The Morgan fingerprint density at radius 1 is 1.44 bits per heavy atom. The van der Waals surface area contributed by atoms with Gasteiger partial charge in [0.1, 0.15) is 9.84 Å². The molecule has 6 heteroatoms. The minimum atomic E-state index is -2.89. The van der Waals surface area contributed by atoms with Gasteiger partial charge in [-0.15, -0.1) is 0 Å². The molecule has 0 bridgehead atoms. The number of halogens is 1. The van der Waals surface area contributed by atoms with Gasteiger partial charge in [0.2, 0.25) is 0 Å². The van der Waals surface area contributed by atoms with Gasteiger partial charge in [0.05, 0.1) is 17.4 Å². The predicted molar refractivity (Wildman–Crippen MR) is 72.2 cm³/mol. The van der Waals surface area contributed by atoms with E-state index in [2.05, 4.69) is 5.32 Å². The fourth-order valence-electron chi connectivity index (χ4n) is 1.44. The van der Waals surface area contributed by atoms with E-state index >= 15 is 0 Å². The van der Waals surface area contributed by atoms with E-state index in [1.165, 1.54) is 6.26 Å². The molecule has 0 aliphatic carbocycles. The number of benzene rings is 1. The second kappa shape index (κ2) is 6.74. The maximum atomic E-state index is 10.9. The number of sulfone groups is 1. The number of rotatable bonds is 6. The molecular weight excluding hydrogens is 272 g/mol. The molecule has 0 spiro atoms. The zero-order chi connectivity index (χ0) is 13.6. The summed E-state index contributed by atoms with van der Waals surface area (Å²) in [5.41, 5.74) is 1.43. The van der Waals surface area contributed by atoms with Crippen molar-refractivity contribution < 1.29 is 8.42 Å². The number of hydrogen-bond acceptors (Lipinski definition) is 4. The van der Waals surface area contributed by atoms with E-state index < -0.39 is 9.84 Å². The number of nitrogens with zero attached hydrogens (tertiary/aromatic N) is 1. The monoisotopic (exact) mass is 286 g/mol. The third-order valence-corrected chi connectivity index (χ3v) is 3.75. The van der Waals surface area contributed by atoms with Crippen LogP contribution in [-0.4, -0.2) is 27.0 Å². The first kappa shape index (κ1) is 15.0. The Labute approximate surface area is 112 Å². The van der Waals surface area contributed by atoms with Crippen molar-refractivity contribution in [2.24, 2.45) is 0 Å². The minimum Gasteiger partial charge on any atom is -0.313 e. The molecule has 0 radical (unpaired) electrons. The Morgan fingerprint density at radius 3 is 2.72 bits per heavy atom. The van der Waals surface area contributed by atoms with Crippen LogP contribution in [-0.2, 0) is 16.4 Å². The SMILES string of the molecule is CS(=O)(=O)CCCNCc1ccc(C#N)cc1Cl. The Balaban J connectivity index is 2.39. The summed E-state index contributed by atoms with van der Waals surface area (Å²) in [6.45, 7) is 1.18. The molecule has 0 aromatic heterocycles. The maximum absolute atomic E-state index is 10.9. The van der Waals surface area contributed by atoms with Crippen molar-refractivity contribution in [1.82, 2.24) is 5.32 Å². The first-order valence-corrected chi connectivity index (χ1v) is 7.93. The number of nitrogens with one attached hydrogen (secondary N) is 1. The van der Waals surface area contributed by atoms with Crippen LogP contribution in [0.3, 0.4) is 0 Å². The quantitative estimate of drug-likeness (QED) is 0.809.